The van der Waals surface area contributed by atoms with Gasteiger partial charge in [-0.15, -0.1) is 0 Å². The van der Waals surface area contributed by atoms with Crippen molar-refractivity contribution in [2.24, 2.45) is 0 Å². The fraction of sp³-hybridized carbons (Fsp3) is 0.556. The zero-order chi connectivity index (χ0) is 22.9. The summed E-state index contributed by atoms with van der Waals surface area (Å²) in [6, 6.07) is 15.1. The molecule has 2 aromatic carbocycles. The van der Waals surface area contributed by atoms with Crippen LogP contribution in [0.1, 0.15) is 61.9 Å². The van der Waals surface area contributed by atoms with E-state index in [9.17, 15) is 4.39 Å². The van der Waals surface area contributed by atoms with Gasteiger partial charge >= 0.3 is 0 Å². The van der Waals surface area contributed by atoms with Gasteiger partial charge in [0, 0.05) is 31.2 Å². The number of fused-ring (bicyclic) bond motifs is 1. The molecular formula is C27H38FN3O. The molecule has 1 fully saturated rings. The van der Waals surface area contributed by atoms with Crippen LogP contribution in [0.15, 0.2) is 42.5 Å². The smallest absolute Gasteiger partial charge is 0.123 e. The molecule has 4 atom stereocenters. The zero-order valence-corrected chi connectivity index (χ0v) is 20.2. The second-order valence-corrected chi connectivity index (χ2v) is 10.0. The molecule has 0 amide bonds. The molecule has 2 aliphatic rings. The summed E-state index contributed by atoms with van der Waals surface area (Å²) in [5, 5.41) is 3.63. The molecule has 0 spiro atoms. The summed E-state index contributed by atoms with van der Waals surface area (Å²) in [4.78, 5) is 4.78. The number of hydrogen-bond acceptors (Lipinski definition) is 4. The van der Waals surface area contributed by atoms with Gasteiger partial charge in [-0.25, -0.2) is 4.39 Å². The normalized spacial score (nSPS) is 27.0. The fourth-order valence-corrected chi connectivity index (χ4v) is 5.52. The first-order valence-electron chi connectivity index (χ1n) is 12.0. The second kappa shape index (κ2) is 9.60. The summed E-state index contributed by atoms with van der Waals surface area (Å²) >= 11 is 0. The van der Waals surface area contributed by atoms with E-state index in [-0.39, 0.29) is 5.82 Å². The van der Waals surface area contributed by atoms with Crippen molar-refractivity contribution in [2.45, 2.75) is 63.9 Å². The van der Waals surface area contributed by atoms with Crippen LogP contribution in [-0.4, -0.2) is 55.6 Å². The molecule has 174 valence electrons. The number of nitrogens with one attached hydrogen (secondary N) is 1. The number of piperazine rings is 1. The molecule has 4 unspecified atom stereocenters. The van der Waals surface area contributed by atoms with Crippen LogP contribution in [0.3, 0.4) is 0 Å². The van der Waals surface area contributed by atoms with Gasteiger partial charge in [0.25, 0.3) is 0 Å². The standard InChI is InChI=1S/C27H38FN3O/c1-19-16-31(17-20(2)29-19)21(3)22-7-12-26-23(15-22)18-32-27(26,13-6-14-30(4)5)24-8-10-25(28)11-9-24/h7-12,15,19-21,29H,6,13-14,16-18H2,1-5H3. The summed E-state index contributed by atoms with van der Waals surface area (Å²) in [6.45, 7) is 10.5. The van der Waals surface area contributed by atoms with E-state index in [1.165, 1.54) is 16.7 Å². The van der Waals surface area contributed by atoms with E-state index in [4.69, 9.17) is 4.74 Å². The SMILES string of the molecule is CC1CN(C(C)c2ccc3c(c2)COC3(CCCN(C)C)c2ccc(F)cc2)CC(C)N1. The number of rotatable bonds is 7. The van der Waals surface area contributed by atoms with Gasteiger partial charge in [0.05, 0.1) is 6.61 Å². The van der Waals surface area contributed by atoms with E-state index in [0.717, 1.165) is 38.0 Å². The molecule has 2 aromatic rings. The number of halogens is 1. The van der Waals surface area contributed by atoms with Crippen molar-refractivity contribution in [1.29, 1.82) is 0 Å². The molecule has 0 saturated carbocycles. The lowest BCUT2D eigenvalue weighted by atomic mass is 9.81. The maximum absolute atomic E-state index is 13.7. The number of benzene rings is 2. The maximum Gasteiger partial charge on any atom is 0.123 e. The van der Waals surface area contributed by atoms with Gasteiger partial charge in [-0.1, -0.05) is 30.3 Å². The zero-order valence-electron chi connectivity index (χ0n) is 20.2. The highest BCUT2D eigenvalue weighted by atomic mass is 19.1. The lowest BCUT2D eigenvalue weighted by Gasteiger charge is -2.40. The van der Waals surface area contributed by atoms with Gasteiger partial charge in [0.15, 0.2) is 0 Å². The molecule has 2 aliphatic heterocycles. The van der Waals surface area contributed by atoms with Crippen molar-refractivity contribution in [3.05, 3.63) is 70.5 Å². The predicted molar refractivity (Wildman–Crippen MR) is 128 cm³/mol. The molecule has 0 aromatic heterocycles. The molecular weight excluding hydrogens is 401 g/mol. The molecule has 2 heterocycles. The van der Waals surface area contributed by atoms with Gasteiger partial charge in [-0.3, -0.25) is 4.90 Å². The van der Waals surface area contributed by atoms with E-state index in [1.54, 1.807) is 12.1 Å². The van der Waals surface area contributed by atoms with E-state index >= 15 is 0 Å². The van der Waals surface area contributed by atoms with Crippen molar-refractivity contribution >= 4 is 0 Å². The minimum Gasteiger partial charge on any atom is -0.361 e. The summed E-state index contributed by atoms with van der Waals surface area (Å²) in [6.07, 6.45) is 1.89. The van der Waals surface area contributed by atoms with Crippen LogP contribution in [0, 0.1) is 5.82 Å². The Morgan fingerprint density at radius 2 is 1.81 bits per heavy atom. The Hall–Kier alpha value is -1.79. The van der Waals surface area contributed by atoms with Crippen LogP contribution in [-0.2, 0) is 16.9 Å². The topological polar surface area (TPSA) is 27.7 Å². The first-order valence-corrected chi connectivity index (χ1v) is 12.0. The van der Waals surface area contributed by atoms with Gasteiger partial charge in [0.2, 0.25) is 0 Å². The molecule has 4 nitrogen and oxygen atoms in total. The summed E-state index contributed by atoms with van der Waals surface area (Å²) < 4.78 is 20.2. The molecule has 0 radical (unpaired) electrons. The first-order chi connectivity index (χ1) is 15.3. The van der Waals surface area contributed by atoms with E-state index in [1.807, 2.05) is 12.1 Å². The first kappa shape index (κ1) is 23.4. The molecule has 4 rings (SSSR count). The van der Waals surface area contributed by atoms with E-state index in [0.29, 0.717) is 24.7 Å². The molecule has 0 bridgehead atoms. The minimum atomic E-state index is -0.501. The van der Waals surface area contributed by atoms with Crippen molar-refractivity contribution in [3.8, 4) is 0 Å². The Morgan fingerprint density at radius 3 is 2.47 bits per heavy atom. The van der Waals surface area contributed by atoms with Crippen molar-refractivity contribution < 1.29 is 9.13 Å². The van der Waals surface area contributed by atoms with Crippen LogP contribution in [0.25, 0.3) is 0 Å². The second-order valence-electron chi connectivity index (χ2n) is 10.0. The summed E-state index contributed by atoms with van der Waals surface area (Å²) in [5.41, 5.74) is 4.39. The lowest BCUT2D eigenvalue weighted by molar-refractivity contribution is -0.0140. The van der Waals surface area contributed by atoms with Crippen LogP contribution in [0.5, 0.6) is 0 Å². The molecule has 5 heteroatoms. The minimum absolute atomic E-state index is 0.209. The third kappa shape index (κ3) is 4.76. The monoisotopic (exact) mass is 439 g/mol. The Labute approximate surface area is 192 Å². The highest BCUT2D eigenvalue weighted by Crippen LogP contribution is 2.46. The highest BCUT2D eigenvalue weighted by molar-refractivity contribution is 5.46. The maximum atomic E-state index is 13.7. The molecule has 1 N–H and O–H groups in total. The quantitative estimate of drug-likeness (QED) is 0.678. The van der Waals surface area contributed by atoms with Crippen LogP contribution >= 0.6 is 0 Å². The van der Waals surface area contributed by atoms with Gasteiger partial charge in [-0.2, -0.15) is 0 Å². The van der Waals surface area contributed by atoms with Crippen molar-refractivity contribution in [3.63, 3.8) is 0 Å². The highest BCUT2D eigenvalue weighted by Gasteiger charge is 2.41. The Bertz CT molecular complexity index is 906. The number of nitrogens with zero attached hydrogens (tertiary/aromatic N) is 2. The lowest BCUT2D eigenvalue weighted by Crippen LogP contribution is -2.54. The largest absolute Gasteiger partial charge is 0.361 e. The van der Waals surface area contributed by atoms with Crippen LogP contribution in [0.4, 0.5) is 4.39 Å². The predicted octanol–water partition coefficient (Wildman–Crippen LogP) is 4.68. The average Bonchev–Trinajstić information content (AvgIpc) is 3.11. The Balaban J connectivity index is 1.63. The summed E-state index contributed by atoms with van der Waals surface area (Å²) in [7, 11) is 4.19. The molecule has 0 aliphatic carbocycles. The summed E-state index contributed by atoms with van der Waals surface area (Å²) in [5.74, 6) is -0.209. The van der Waals surface area contributed by atoms with Gasteiger partial charge < -0.3 is 15.0 Å². The van der Waals surface area contributed by atoms with E-state index in [2.05, 4.69) is 68.2 Å². The fourth-order valence-electron chi connectivity index (χ4n) is 5.52. The van der Waals surface area contributed by atoms with Crippen molar-refractivity contribution in [1.82, 2.24) is 15.1 Å². The third-order valence-corrected chi connectivity index (χ3v) is 7.10. The van der Waals surface area contributed by atoms with Gasteiger partial charge in [-0.05, 0) is 88.6 Å². The Morgan fingerprint density at radius 1 is 1.12 bits per heavy atom. The van der Waals surface area contributed by atoms with E-state index < -0.39 is 5.60 Å². The van der Waals surface area contributed by atoms with Gasteiger partial charge in [0.1, 0.15) is 11.4 Å². The number of hydrogen-bond donors (Lipinski definition) is 1. The Kier molecular flexibility index (Phi) is 7.01. The average molecular weight is 440 g/mol. The third-order valence-electron chi connectivity index (χ3n) is 7.10. The van der Waals surface area contributed by atoms with Crippen LogP contribution in [0.2, 0.25) is 0 Å². The van der Waals surface area contributed by atoms with Crippen molar-refractivity contribution in [2.75, 3.05) is 33.7 Å². The number of ether oxygens (including phenoxy) is 1. The molecule has 1 saturated heterocycles. The van der Waals surface area contributed by atoms with Crippen LogP contribution < -0.4 is 5.32 Å². The molecule has 32 heavy (non-hydrogen) atoms.